The highest BCUT2D eigenvalue weighted by Gasteiger charge is 2.48. The van der Waals surface area contributed by atoms with Crippen molar-refractivity contribution in [3.63, 3.8) is 0 Å². The molecule has 137 heavy (non-hydrogen) atoms. The maximum atomic E-state index is 15.7. The quantitative estimate of drug-likeness (QED) is 0.0273. The van der Waals surface area contributed by atoms with Crippen molar-refractivity contribution in [3.05, 3.63) is 119 Å². The minimum absolute atomic E-state index is 0.0543. The maximum Gasteiger partial charge on any atom is 0.305 e. The Morgan fingerprint density at radius 3 is 1.72 bits per heavy atom. The summed E-state index contributed by atoms with van der Waals surface area (Å²) in [7, 11) is 2.59. The van der Waals surface area contributed by atoms with Gasteiger partial charge in [-0.25, -0.2) is 4.98 Å². The lowest BCUT2D eigenvalue weighted by Gasteiger charge is -2.38. The number of aromatic nitrogens is 3. The number of thiophene rings is 1. The molecule has 15 atom stereocenters. The number of nitrogens with zero attached hydrogens (tertiary/aromatic N) is 6. The number of hydrogen-bond donors (Lipinski definition) is 19. The highest BCUT2D eigenvalue weighted by molar-refractivity contribution is 8.00. The van der Waals surface area contributed by atoms with E-state index in [0.29, 0.717) is 70.4 Å². The second kappa shape index (κ2) is 50.3. The number of aliphatic hydroxyl groups is 2. The van der Waals surface area contributed by atoms with E-state index in [4.69, 9.17) is 11.5 Å². The third kappa shape index (κ3) is 29.0. The van der Waals surface area contributed by atoms with Gasteiger partial charge in [0.25, 0.3) is 0 Å². The minimum atomic E-state index is -1.94. The second-order valence-corrected chi connectivity index (χ2v) is 36.5. The Morgan fingerprint density at radius 2 is 1.07 bits per heavy atom. The summed E-state index contributed by atoms with van der Waals surface area (Å²) in [5, 5.41) is 82.1. The number of rotatable bonds is 26. The van der Waals surface area contributed by atoms with Crippen molar-refractivity contribution in [2.75, 3.05) is 58.4 Å². The predicted molar refractivity (Wildman–Crippen MR) is 496 cm³/mol. The third-order valence-electron chi connectivity index (χ3n) is 24.6. The van der Waals surface area contributed by atoms with E-state index in [2.05, 4.69) is 68.1 Å². The number of likely N-dealkylation sites (N-methyl/N-ethyl adjacent to an activating group) is 2. The molecule has 17 amide bonds. The number of benzene rings is 3. The third-order valence-corrected chi connectivity index (χ3v) is 26.6. The number of nitrogens with one attached hydrogen (secondary N) is 12. The Hall–Kier alpha value is -13.6. The number of carboxylic acid groups (broad SMARTS) is 2. The van der Waals surface area contributed by atoms with Gasteiger partial charge in [0.2, 0.25) is 100 Å². The van der Waals surface area contributed by atoms with Gasteiger partial charge >= 0.3 is 11.9 Å². The molecule has 0 unspecified atom stereocenters. The van der Waals surface area contributed by atoms with Crippen molar-refractivity contribution in [1.29, 1.82) is 0 Å². The molecule has 0 radical (unpaired) electrons. The molecule has 3 aromatic carbocycles. The van der Waals surface area contributed by atoms with E-state index in [-0.39, 0.29) is 88.7 Å². The lowest BCUT2D eigenvalue weighted by atomic mass is 9.97. The number of para-hydroxylation sites is 1. The van der Waals surface area contributed by atoms with Crippen molar-refractivity contribution in [2.24, 2.45) is 11.5 Å². The molecule has 21 N–H and O–H groups in total. The number of nitrogens with two attached hydrogens (primary N) is 2. The van der Waals surface area contributed by atoms with Crippen LogP contribution in [0.1, 0.15) is 145 Å². The Bertz CT molecular complexity index is 5370. The van der Waals surface area contributed by atoms with Crippen LogP contribution in [0.5, 0.6) is 5.75 Å². The Kier molecular flexibility index (Phi) is 38.7. The summed E-state index contributed by atoms with van der Waals surface area (Å²) in [4.78, 5) is 291. The average molecular weight is 1940 g/mol. The zero-order valence-electron chi connectivity index (χ0n) is 76.3. The number of carboxylic acids is 2. The number of imidazole rings is 1. The van der Waals surface area contributed by atoms with E-state index in [1.54, 1.807) is 61.0 Å². The highest BCUT2D eigenvalue weighted by atomic mass is 32.2. The highest BCUT2D eigenvalue weighted by Crippen LogP contribution is 2.31. The zero-order valence-corrected chi connectivity index (χ0v) is 78.0. The molecular formula is C91H120N20O24S2. The number of aromatic amines is 2. The van der Waals surface area contributed by atoms with Gasteiger partial charge in [-0.2, -0.15) is 0 Å². The van der Waals surface area contributed by atoms with Crippen LogP contribution in [-0.4, -0.2) is 326 Å². The van der Waals surface area contributed by atoms with Crippen LogP contribution in [0, 0.1) is 0 Å². The van der Waals surface area contributed by atoms with Crippen LogP contribution in [0.15, 0.2) is 96.9 Å². The molecule has 4 aliphatic heterocycles. The summed E-state index contributed by atoms with van der Waals surface area (Å²) >= 11 is 2.03. The van der Waals surface area contributed by atoms with Crippen LogP contribution in [0.25, 0.3) is 21.0 Å². The maximum absolute atomic E-state index is 15.7. The number of piperidine rings is 1. The number of aliphatic carboxylic acids is 2. The van der Waals surface area contributed by atoms with Gasteiger partial charge in [0.05, 0.1) is 37.8 Å². The molecule has 44 nitrogen and oxygen atoms in total. The van der Waals surface area contributed by atoms with Gasteiger partial charge < -0.3 is 125 Å². The molecule has 0 saturated carbocycles. The van der Waals surface area contributed by atoms with Crippen molar-refractivity contribution in [1.82, 2.24) is 92.6 Å². The smallest absolute Gasteiger partial charge is 0.305 e. The van der Waals surface area contributed by atoms with Gasteiger partial charge in [-0.15, -0.1) is 23.1 Å². The van der Waals surface area contributed by atoms with E-state index in [1.165, 1.54) is 62.2 Å². The molecule has 3 aromatic heterocycles. The fourth-order valence-electron chi connectivity index (χ4n) is 17.3. The summed E-state index contributed by atoms with van der Waals surface area (Å²) in [6.45, 7) is 0.763. The van der Waals surface area contributed by atoms with Gasteiger partial charge in [0.1, 0.15) is 90.3 Å². The fourth-order valence-corrected chi connectivity index (χ4v) is 19.1. The average Bonchev–Trinajstić information content (AvgIpc) is 1.68. The SMILES string of the molecule is CCCC[C@H]1C(=O)N(C)[C@@H](CCCC)C(=O)N[C@@H](CCC(=O)O)C(=O)N[C@H](C(=O)NCC(N)=O)CSCC(=O)N[C@@H](Cc2ccc(O)cc2)C(=O)N2CCCC[C@H]2C(=O)N[C@@H](CC(=O)O)C(=O)N2CCC[C@H]2C(=O)N[C@@H](Cc2cnc[nH]2)C(=O)N[C@@H](CCC(N)=O)C(=O)N2C[C@H](O)C[C@H]2C(=O)N[C@@H](Cc2c[nH]c3ccccc23)C(=O)N[C@@H](CO)C(=O)N[C@@H](Cc2csc3ccccc23)C(=O)N1C. The number of H-pyrrole nitrogens is 2. The van der Waals surface area contributed by atoms with Crippen molar-refractivity contribution in [2.45, 2.75) is 239 Å². The number of thioether (sulfide) groups is 1. The first-order chi connectivity index (χ1) is 65.4. The lowest BCUT2D eigenvalue weighted by Crippen LogP contribution is -2.62. The van der Waals surface area contributed by atoms with E-state index in [1.807, 2.05) is 13.0 Å². The second-order valence-electron chi connectivity index (χ2n) is 34.5. The number of carbonyl (C=O) groups excluding carboxylic acids is 17. The molecule has 7 heterocycles. The number of carbonyl (C=O) groups is 19. The molecule has 10 rings (SSSR count). The molecule has 0 aliphatic carbocycles. The first-order valence-corrected chi connectivity index (χ1v) is 47.6. The largest absolute Gasteiger partial charge is 0.508 e. The van der Waals surface area contributed by atoms with Crippen LogP contribution >= 0.6 is 23.1 Å². The summed E-state index contributed by atoms with van der Waals surface area (Å²) in [5.41, 5.74) is 13.2. The molecule has 4 aliphatic rings. The van der Waals surface area contributed by atoms with Crippen LogP contribution in [0.3, 0.4) is 0 Å². The van der Waals surface area contributed by atoms with Gasteiger partial charge in [0, 0.05) is 118 Å². The lowest BCUT2D eigenvalue weighted by molar-refractivity contribution is -0.149. The van der Waals surface area contributed by atoms with Crippen molar-refractivity contribution < 1.29 is 117 Å². The molecule has 46 heteroatoms. The number of phenolic OH excluding ortho intramolecular Hbond substituents is 1. The predicted octanol–water partition coefficient (Wildman–Crippen LogP) is -2.24. The topological polar surface area (TPSA) is 658 Å². The number of phenols is 1. The van der Waals surface area contributed by atoms with Gasteiger partial charge in [-0.05, 0) is 110 Å². The van der Waals surface area contributed by atoms with Gasteiger partial charge in [0.15, 0.2) is 0 Å². The van der Waals surface area contributed by atoms with E-state index in [9.17, 15) is 68.7 Å². The van der Waals surface area contributed by atoms with Crippen LogP contribution in [0.4, 0.5) is 0 Å². The molecular weight excluding hydrogens is 1820 g/mol. The summed E-state index contributed by atoms with van der Waals surface area (Å²) in [6.07, 6.45) is -0.903. The van der Waals surface area contributed by atoms with Crippen molar-refractivity contribution in [3.8, 4) is 5.75 Å². The molecule has 4 fully saturated rings. The first kappa shape index (κ1) is 105. The van der Waals surface area contributed by atoms with E-state index < -0.39 is 279 Å². The number of hydrogen-bond acceptors (Lipinski definition) is 25. The summed E-state index contributed by atoms with van der Waals surface area (Å²) in [5.74, 6) is -21.5. The van der Waals surface area contributed by atoms with Crippen molar-refractivity contribution >= 4 is 156 Å². The molecule has 740 valence electrons. The Balaban J connectivity index is 1.03. The molecule has 0 bridgehead atoms. The number of aromatic hydroxyl groups is 1. The number of aliphatic hydroxyl groups excluding tert-OH is 2. The molecule has 4 saturated heterocycles. The minimum Gasteiger partial charge on any atom is -0.508 e. The van der Waals surface area contributed by atoms with Crippen LogP contribution < -0.4 is 64.6 Å². The van der Waals surface area contributed by atoms with Crippen LogP contribution in [0.2, 0.25) is 0 Å². The summed E-state index contributed by atoms with van der Waals surface area (Å²) < 4.78 is 0.781. The number of unbranched alkanes of at least 4 members (excludes halogenated alkanes) is 2. The molecule has 6 aromatic rings. The Labute approximate surface area is 795 Å². The van der Waals surface area contributed by atoms with Crippen LogP contribution in [-0.2, 0) is 117 Å². The molecule has 0 spiro atoms. The van der Waals surface area contributed by atoms with Gasteiger partial charge in [-0.3, -0.25) is 91.1 Å². The Morgan fingerprint density at radius 1 is 0.518 bits per heavy atom. The monoisotopic (exact) mass is 1940 g/mol. The number of primary amides is 2. The van der Waals surface area contributed by atoms with E-state index in [0.717, 1.165) is 29.2 Å². The fraction of sp³-hybridized carbons (Fsp3) is 0.516. The standard InChI is InChI=1S/C91H120N20O24S2/c1-5-7-19-67-83(127)99-58(29-31-76(118)119)79(123)106-66(78(122)96-42-74(93)116)46-136-47-75(117)98-62(34-49-24-26-53(113)27-25-49)89(133)109-32-14-13-21-68(109)85(129)104-64(39-77(120)121)90(134)110-33-15-22-69(110)84(128)102-61(37-52-41-94-48-97-52)81(125)100-59(28-30-73(92)115)88(132)111-43-54(114)38-71(111)86(130)101-60(35-50-40-95-57-18-11-9-16-55(50)57)80(124)105-65(44-112)82(126)103-63(36-51-45-137-72-23-12-10-17-56(51)72)87(131)108(4)70(20-8-6-2)91(135)107(67)3/h9-12,16-18,23-27,40-41,45,48,54,58-71,95,112-114H,5-8,13-15,19-22,28-39,42-44,46-47H2,1-4H3,(H2,92,115)(H2,93,116)(H,94,97)(H,96,122)(H,98,117)(H,99,127)(H,100,125)(H,101,130)(H,102,128)(H,103,126)(H,104,129)(H,105,124)(H,106,123)(H,118,119)(H,120,121)/t54-,58+,59+,60+,61+,62+,63+,64+,65+,66+,67+,68+,69+,70+,71+/m1/s1. The first-order valence-electron chi connectivity index (χ1n) is 45.5. The number of amides is 17. The normalized spacial score (nSPS) is 25.0. The van der Waals surface area contributed by atoms with Gasteiger partial charge in [-0.1, -0.05) is 88.1 Å². The number of fused-ring (bicyclic) bond motifs is 5. The van der Waals surface area contributed by atoms with E-state index >= 15 is 47.9 Å². The zero-order chi connectivity index (χ0) is 99.4. The summed E-state index contributed by atoms with van der Waals surface area (Å²) in [6, 6.07) is -3.74.